The molecule has 4 N–H and O–H groups in total. The van der Waals surface area contributed by atoms with Crippen molar-refractivity contribution in [1.82, 2.24) is 4.98 Å². The molecule has 1 rings (SSSR count). The number of carbonyl (C=O) groups is 2. The summed E-state index contributed by atoms with van der Waals surface area (Å²) in [6.07, 6.45) is 2.94. The molecule has 0 bridgehead atoms. The maximum Gasteiger partial charge on any atom is 0.303 e. The lowest BCUT2D eigenvalue weighted by Gasteiger charge is -2.25. The molecule has 0 saturated heterocycles. The van der Waals surface area contributed by atoms with Crippen LogP contribution >= 0.6 is 0 Å². The van der Waals surface area contributed by atoms with E-state index in [1.807, 2.05) is 20.8 Å². The average molecular weight is 266 g/mol. The summed E-state index contributed by atoms with van der Waals surface area (Å²) in [4.78, 5) is 25.6. The lowest BCUT2D eigenvalue weighted by Crippen LogP contribution is -2.42. The Bertz CT molecular complexity index is 458. The lowest BCUT2D eigenvalue weighted by molar-refractivity contribution is -0.137. The molecular weight excluding hydrogens is 244 g/mol. The zero-order valence-electron chi connectivity index (χ0n) is 11.7. The minimum Gasteiger partial charge on any atom is -0.481 e. The number of aromatic amines is 1. The van der Waals surface area contributed by atoms with Crippen molar-refractivity contribution < 1.29 is 14.7 Å². The number of aromatic nitrogens is 1. The quantitative estimate of drug-likeness (QED) is 0.686. The van der Waals surface area contributed by atoms with Crippen LogP contribution < -0.4 is 5.73 Å². The van der Waals surface area contributed by atoms with Gasteiger partial charge in [0, 0.05) is 23.9 Å². The van der Waals surface area contributed by atoms with Gasteiger partial charge < -0.3 is 15.8 Å². The van der Waals surface area contributed by atoms with Crippen LogP contribution in [0.15, 0.2) is 12.3 Å². The minimum atomic E-state index is -0.808. The maximum absolute atomic E-state index is 12.1. The summed E-state index contributed by atoms with van der Waals surface area (Å²) in [5, 5.41) is 8.57. The van der Waals surface area contributed by atoms with Crippen molar-refractivity contribution in [2.45, 2.75) is 46.1 Å². The van der Waals surface area contributed by atoms with Crippen molar-refractivity contribution in [3.63, 3.8) is 0 Å². The normalized spacial score (nSPS) is 13.3. The fourth-order valence-corrected chi connectivity index (χ4v) is 1.73. The molecule has 1 heterocycles. The Morgan fingerprint density at radius 3 is 2.58 bits per heavy atom. The summed E-state index contributed by atoms with van der Waals surface area (Å²) in [6.45, 7) is 5.78. The van der Waals surface area contributed by atoms with Crippen molar-refractivity contribution in [1.29, 1.82) is 0 Å². The van der Waals surface area contributed by atoms with E-state index in [1.165, 1.54) is 0 Å². The van der Waals surface area contributed by atoms with Gasteiger partial charge in [0.25, 0.3) is 0 Å². The van der Waals surface area contributed by atoms with Gasteiger partial charge in [-0.15, -0.1) is 0 Å². The SMILES string of the molecule is CC(C)(C)[C@H](N)C(=O)c1c[nH]c(CCCC(=O)O)c1. The second-order valence-electron chi connectivity index (χ2n) is 5.87. The van der Waals surface area contributed by atoms with E-state index in [4.69, 9.17) is 10.8 Å². The molecule has 0 spiro atoms. The van der Waals surface area contributed by atoms with Crippen LogP contribution in [0.1, 0.15) is 49.7 Å². The third-order valence-electron chi connectivity index (χ3n) is 3.08. The van der Waals surface area contributed by atoms with E-state index in [1.54, 1.807) is 12.3 Å². The number of hydrogen-bond acceptors (Lipinski definition) is 3. The van der Waals surface area contributed by atoms with Gasteiger partial charge in [0.15, 0.2) is 5.78 Å². The fourth-order valence-electron chi connectivity index (χ4n) is 1.73. The Morgan fingerprint density at radius 2 is 2.05 bits per heavy atom. The first-order chi connectivity index (χ1) is 8.71. The minimum absolute atomic E-state index is 0.0896. The van der Waals surface area contributed by atoms with E-state index < -0.39 is 12.0 Å². The molecule has 0 saturated carbocycles. The molecule has 1 atom stereocenters. The summed E-state index contributed by atoms with van der Waals surface area (Å²) >= 11 is 0. The van der Waals surface area contributed by atoms with Gasteiger partial charge in [-0.25, -0.2) is 0 Å². The first-order valence-corrected chi connectivity index (χ1v) is 6.40. The molecule has 1 aromatic heterocycles. The largest absolute Gasteiger partial charge is 0.481 e. The molecule has 5 nitrogen and oxygen atoms in total. The van der Waals surface area contributed by atoms with Crippen LogP contribution in [0.4, 0.5) is 0 Å². The van der Waals surface area contributed by atoms with Crippen LogP contribution in [0.2, 0.25) is 0 Å². The van der Waals surface area contributed by atoms with Gasteiger partial charge in [0.1, 0.15) is 0 Å². The molecular formula is C14H22N2O3. The number of carboxylic acids is 1. The maximum atomic E-state index is 12.1. The second kappa shape index (κ2) is 6.02. The Morgan fingerprint density at radius 1 is 1.42 bits per heavy atom. The van der Waals surface area contributed by atoms with E-state index in [0.29, 0.717) is 18.4 Å². The number of hydrogen-bond donors (Lipinski definition) is 3. The molecule has 0 aliphatic carbocycles. The van der Waals surface area contributed by atoms with Crippen LogP contribution in [-0.2, 0) is 11.2 Å². The summed E-state index contributed by atoms with van der Waals surface area (Å²) in [6, 6.07) is 1.21. The zero-order chi connectivity index (χ0) is 14.6. The van der Waals surface area contributed by atoms with Crippen molar-refractivity contribution in [2.24, 2.45) is 11.1 Å². The Balaban J connectivity index is 2.64. The van der Waals surface area contributed by atoms with Gasteiger partial charge in [-0.1, -0.05) is 20.8 Å². The van der Waals surface area contributed by atoms with Crippen LogP contribution in [0.25, 0.3) is 0 Å². The summed E-state index contributed by atoms with van der Waals surface area (Å²) < 4.78 is 0. The van der Waals surface area contributed by atoms with Crippen LogP contribution in [0, 0.1) is 5.41 Å². The molecule has 5 heteroatoms. The highest BCUT2D eigenvalue weighted by Gasteiger charge is 2.28. The van der Waals surface area contributed by atoms with Crippen molar-refractivity contribution >= 4 is 11.8 Å². The summed E-state index contributed by atoms with van der Waals surface area (Å²) in [7, 11) is 0. The number of nitrogens with two attached hydrogens (primary N) is 1. The number of aliphatic carboxylic acids is 1. The zero-order valence-corrected chi connectivity index (χ0v) is 11.7. The fraction of sp³-hybridized carbons (Fsp3) is 0.571. The first kappa shape index (κ1) is 15.4. The molecule has 19 heavy (non-hydrogen) atoms. The molecule has 0 aromatic carbocycles. The number of carbonyl (C=O) groups excluding carboxylic acids is 1. The summed E-state index contributed by atoms with van der Waals surface area (Å²) in [5.41, 5.74) is 7.08. The molecule has 0 radical (unpaired) electrons. The highest BCUT2D eigenvalue weighted by atomic mass is 16.4. The number of rotatable bonds is 6. The molecule has 0 amide bonds. The summed E-state index contributed by atoms with van der Waals surface area (Å²) in [5.74, 6) is -0.897. The van der Waals surface area contributed by atoms with Crippen LogP contribution in [0.5, 0.6) is 0 Å². The molecule has 0 aliphatic rings. The monoisotopic (exact) mass is 266 g/mol. The van der Waals surface area contributed by atoms with Gasteiger partial charge in [0.05, 0.1) is 6.04 Å². The molecule has 0 unspecified atom stereocenters. The van der Waals surface area contributed by atoms with E-state index in [-0.39, 0.29) is 17.6 Å². The Hall–Kier alpha value is -1.62. The van der Waals surface area contributed by atoms with Crippen molar-refractivity contribution in [3.8, 4) is 0 Å². The third kappa shape index (κ3) is 4.52. The molecule has 0 fully saturated rings. The second-order valence-corrected chi connectivity index (χ2v) is 5.87. The molecule has 106 valence electrons. The highest BCUT2D eigenvalue weighted by Crippen LogP contribution is 2.21. The van der Waals surface area contributed by atoms with Gasteiger partial charge in [-0.05, 0) is 24.3 Å². The average Bonchev–Trinajstić information content (AvgIpc) is 2.74. The van der Waals surface area contributed by atoms with Gasteiger partial charge in [0.2, 0.25) is 0 Å². The molecule has 0 aliphatic heterocycles. The van der Waals surface area contributed by atoms with E-state index in [0.717, 1.165) is 5.69 Å². The van der Waals surface area contributed by atoms with Crippen molar-refractivity contribution in [3.05, 3.63) is 23.5 Å². The number of aryl methyl sites for hydroxylation is 1. The number of Topliss-reactive ketones (excluding diaryl/α,β-unsaturated/α-hetero) is 1. The number of ketones is 1. The lowest BCUT2D eigenvalue weighted by atomic mass is 9.83. The number of carboxylic acid groups (broad SMARTS) is 1. The van der Waals surface area contributed by atoms with Gasteiger partial charge in [-0.3, -0.25) is 9.59 Å². The topological polar surface area (TPSA) is 96.2 Å². The van der Waals surface area contributed by atoms with Gasteiger partial charge in [-0.2, -0.15) is 0 Å². The van der Waals surface area contributed by atoms with E-state index in [9.17, 15) is 9.59 Å². The number of nitrogens with one attached hydrogen (secondary N) is 1. The standard InChI is InChI=1S/C14H22N2O3/c1-14(2,3)13(15)12(19)9-7-10(16-8-9)5-4-6-11(17)18/h7-8,13,16H,4-6,15H2,1-3H3,(H,17,18)/t13-/m1/s1. The third-order valence-corrected chi connectivity index (χ3v) is 3.08. The van der Waals surface area contributed by atoms with Crippen molar-refractivity contribution in [2.75, 3.05) is 0 Å². The molecule has 1 aromatic rings. The van der Waals surface area contributed by atoms with Gasteiger partial charge >= 0.3 is 5.97 Å². The predicted molar refractivity (Wildman–Crippen MR) is 73.1 cm³/mol. The predicted octanol–water partition coefficient (Wildman–Crippen LogP) is 1.98. The Kier molecular flexibility index (Phi) is 4.89. The van der Waals surface area contributed by atoms with Crippen LogP contribution in [-0.4, -0.2) is 27.9 Å². The van der Waals surface area contributed by atoms with E-state index >= 15 is 0 Å². The first-order valence-electron chi connectivity index (χ1n) is 6.40. The van der Waals surface area contributed by atoms with Crippen LogP contribution in [0.3, 0.4) is 0 Å². The Labute approximate surface area is 113 Å². The smallest absolute Gasteiger partial charge is 0.303 e. The van der Waals surface area contributed by atoms with E-state index in [2.05, 4.69) is 4.98 Å². The highest BCUT2D eigenvalue weighted by molar-refractivity contribution is 6.00. The number of H-pyrrole nitrogens is 1.